The Labute approximate surface area is 142 Å². The normalized spacial score (nSPS) is 31.6. The van der Waals surface area contributed by atoms with Gasteiger partial charge in [0, 0.05) is 80.9 Å². The number of likely N-dealkylation sites (tertiary alicyclic amines) is 4. The zero-order chi connectivity index (χ0) is 16.6. The molecule has 0 aromatic rings. The number of nitrogens with zero attached hydrogens (tertiary/aromatic N) is 4. The maximum Gasteiger partial charge on any atom is 0.0352 e. The van der Waals surface area contributed by atoms with Crippen LogP contribution in [-0.4, -0.2) is 95.1 Å². The molecule has 4 fully saturated rings. The van der Waals surface area contributed by atoms with Gasteiger partial charge in [0.25, 0.3) is 0 Å². The maximum atomic E-state index is 2.76. The average molecular weight is 321 g/mol. The average Bonchev–Trinajstić information content (AvgIpc) is 2.13. The van der Waals surface area contributed by atoms with E-state index in [9.17, 15) is 0 Å². The van der Waals surface area contributed by atoms with E-state index in [4.69, 9.17) is 0 Å². The van der Waals surface area contributed by atoms with Gasteiger partial charge in [-0.2, -0.15) is 0 Å². The Bertz CT molecular complexity index is 449. The smallest absolute Gasteiger partial charge is 0.0352 e. The predicted octanol–water partition coefficient (Wildman–Crippen LogP) is 1.57. The van der Waals surface area contributed by atoms with E-state index in [1.165, 1.54) is 52.4 Å². The summed E-state index contributed by atoms with van der Waals surface area (Å²) in [5.74, 6) is 0. The van der Waals surface area contributed by atoms with E-state index >= 15 is 0 Å². The standard InChI is InChI=1S/C19H36N4/c1-17(2,3)22-9-16(10-22)20-7-15(8-20)21-11-19(12-21)13-23(14-19)18(4,5)6/h15-16H,7-14H2,1-6H3. The van der Waals surface area contributed by atoms with Crippen LogP contribution < -0.4 is 0 Å². The van der Waals surface area contributed by atoms with Crippen LogP contribution in [0, 0.1) is 5.41 Å². The lowest BCUT2D eigenvalue weighted by atomic mass is 9.70. The van der Waals surface area contributed by atoms with Crippen molar-refractivity contribution in [3.05, 3.63) is 0 Å². The molecule has 4 aliphatic rings. The summed E-state index contributed by atoms with van der Waals surface area (Å²) in [5.41, 5.74) is 1.38. The highest BCUT2D eigenvalue weighted by Crippen LogP contribution is 2.44. The highest BCUT2D eigenvalue weighted by atomic mass is 15.4. The molecule has 0 atom stereocenters. The third-order valence-corrected chi connectivity index (χ3v) is 6.81. The van der Waals surface area contributed by atoms with Gasteiger partial charge in [-0.25, -0.2) is 0 Å². The van der Waals surface area contributed by atoms with Gasteiger partial charge < -0.3 is 0 Å². The second-order valence-electron chi connectivity index (χ2n) is 10.8. The van der Waals surface area contributed by atoms with Gasteiger partial charge in [-0.15, -0.1) is 0 Å². The van der Waals surface area contributed by atoms with Crippen molar-refractivity contribution in [2.45, 2.75) is 64.7 Å². The van der Waals surface area contributed by atoms with Gasteiger partial charge in [0.05, 0.1) is 0 Å². The third kappa shape index (κ3) is 2.76. The monoisotopic (exact) mass is 320 g/mol. The summed E-state index contributed by atoms with van der Waals surface area (Å²) in [6, 6.07) is 1.69. The van der Waals surface area contributed by atoms with Crippen LogP contribution in [0.1, 0.15) is 41.5 Å². The first kappa shape index (κ1) is 16.3. The highest BCUT2D eigenvalue weighted by Gasteiger charge is 2.56. The molecule has 4 heteroatoms. The summed E-state index contributed by atoms with van der Waals surface area (Å²) in [6.07, 6.45) is 0. The molecular formula is C19H36N4. The third-order valence-electron chi connectivity index (χ3n) is 6.81. The fourth-order valence-corrected chi connectivity index (χ4v) is 4.76. The minimum atomic E-state index is 0.355. The highest BCUT2D eigenvalue weighted by molar-refractivity contribution is 5.11. The SMILES string of the molecule is CC(C)(C)N1CC(N2CC(N3CC4(C3)CN(C(C)(C)C)C4)C2)C1. The van der Waals surface area contributed by atoms with Crippen LogP contribution in [0.15, 0.2) is 0 Å². The maximum absolute atomic E-state index is 2.76. The van der Waals surface area contributed by atoms with Crippen molar-refractivity contribution in [3.8, 4) is 0 Å². The molecule has 0 aromatic heterocycles. The largest absolute Gasteiger partial charge is 0.297 e. The van der Waals surface area contributed by atoms with Gasteiger partial charge in [-0.05, 0) is 41.5 Å². The van der Waals surface area contributed by atoms with Gasteiger partial charge in [-0.1, -0.05) is 0 Å². The first-order valence-corrected chi connectivity index (χ1v) is 9.54. The molecule has 0 unspecified atom stereocenters. The zero-order valence-corrected chi connectivity index (χ0v) is 16.1. The number of rotatable bonds is 2. The Morgan fingerprint density at radius 2 is 1.09 bits per heavy atom. The molecular weight excluding hydrogens is 284 g/mol. The Morgan fingerprint density at radius 3 is 1.57 bits per heavy atom. The van der Waals surface area contributed by atoms with Crippen molar-refractivity contribution in [2.75, 3.05) is 52.4 Å². The summed E-state index contributed by atoms with van der Waals surface area (Å²) in [7, 11) is 0. The first-order valence-electron chi connectivity index (χ1n) is 9.54. The quantitative estimate of drug-likeness (QED) is 0.766. The van der Waals surface area contributed by atoms with Crippen molar-refractivity contribution < 1.29 is 0 Å². The zero-order valence-electron chi connectivity index (χ0n) is 16.1. The molecule has 23 heavy (non-hydrogen) atoms. The summed E-state index contributed by atoms with van der Waals surface area (Å²) < 4.78 is 0. The van der Waals surface area contributed by atoms with E-state index in [1.54, 1.807) is 0 Å². The molecule has 0 amide bonds. The molecule has 4 saturated heterocycles. The molecule has 1 spiro atoms. The van der Waals surface area contributed by atoms with Gasteiger partial charge in [0.1, 0.15) is 0 Å². The predicted molar refractivity (Wildman–Crippen MR) is 95.8 cm³/mol. The van der Waals surface area contributed by atoms with Crippen LogP contribution in [0.5, 0.6) is 0 Å². The van der Waals surface area contributed by atoms with Gasteiger partial charge in [0.15, 0.2) is 0 Å². The molecule has 4 rings (SSSR count). The van der Waals surface area contributed by atoms with E-state index in [0.717, 1.165) is 12.1 Å². The summed E-state index contributed by atoms with van der Waals surface area (Å²) in [4.78, 5) is 10.7. The van der Waals surface area contributed by atoms with E-state index < -0.39 is 0 Å². The van der Waals surface area contributed by atoms with Crippen LogP contribution in [0.25, 0.3) is 0 Å². The van der Waals surface area contributed by atoms with Crippen LogP contribution >= 0.6 is 0 Å². The van der Waals surface area contributed by atoms with Gasteiger partial charge >= 0.3 is 0 Å². The van der Waals surface area contributed by atoms with Crippen molar-refractivity contribution in [2.24, 2.45) is 5.41 Å². The molecule has 0 saturated carbocycles. The summed E-state index contributed by atoms with van der Waals surface area (Å²) in [6.45, 7) is 24.6. The van der Waals surface area contributed by atoms with Crippen molar-refractivity contribution in [1.29, 1.82) is 0 Å². The lowest BCUT2D eigenvalue weighted by Gasteiger charge is -2.67. The molecule has 4 aliphatic heterocycles. The van der Waals surface area contributed by atoms with Crippen LogP contribution in [-0.2, 0) is 0 Å². The second-order valence-corrected chi connectivity index (χ2v) is 10.8. The van der Waals surface area contributed by atoms with E-state index in [1.807, 2.05) is 0 Å². The van der Waals surface area contributed by atoms with Gasteiger partial charge in [-0.3, -0.25) is 19.6 Å². The van der Waals surface area contributed by atoms with Crippen molar-refractivity contribution >= 4 is 0 Å². The molecule has 0 radical (unpaired) electrons. The Balaban J connectivity index is 1.16. The number of hydrogen-bond acceptors (Lipinski definition) is 4. The molecule has 0 bridgehead atoms. The van der Waals surface area contributed by atoms with E-state index in [2.05, 4.69) is 61.1 Å². The lowest BCUT2D eigenvalue weighted by Crippen LogP contribution is -2.79. The molecule has 132 valence electrons. The Hall–Kier alpha value is -0.160. The van der Waals surface area contributed by atoms with Crippen molar-refractivity contribution in [1.82, 2.24) is 19.6 Å². The van der Waals surface area contributed by atoms with Crippen LogP contribution in [0.2, 0.25) is 0 Å². The fourth-order valence-electron chi connectivity index (χ4n) is 4.76. The lowest BCUT2D eigenvalue weighted by molar-refractivity contribution is -0.179. The minimum Gasteiger partial charge on any atom is -0.297 e. The van der Waals surface area contributed by atoms with E-state index in [0.29, 0.717) is 16.5 Å². The topological polar surface area (TPSA) is 13.0 Å². The molecule has 0 aromatic carbocycles. The molecule has 4 heterocycles. The molecule has 0 N–H and O–H groups in total. The van der Waals surface area contributed by atoms with Crippen LogP contribution in [0.4, 0.5) is 0 Å². The van der Waals surface area contributed by atoms with Crippen molar-refractivity contribution in [3.63, 3.8) is 0 Å². The fraction of sp³-hybridized carbons (Fsp3) is 1.00. The van der Waals surface area contributed by atoms with Crippen LogP contribution in [0.3, 0.4) is 0 Å². The first-order chi connectivity index (χ1) is 10.6. The molecule has 0 aliphatic carbocycles. The second kappa shape index (κ2) is 4.94. The Kier molecular flexibility index (Phi) is 3.50. The summed E-state index contributed by atoms with van der Waals surface area (Å²) in [5, 5.41) is 0. The summed E-state index contributed by atoms with van der Waals surface area (Å²) >= 11 is 0. The number of hydrogen-bond donors (Lipinski definition) is 0. The van der Waals surface area contributed by atoms with Gasteiger partial charge in [0.2, 0.25) is 0 Å². The molecule has 4 nitrogen and oxygen atoms in total. The Morgan fingerprint density at radius 1 is 0.609 bits per heavy atom. The minimum absolute atomic E-state index is 0.355. The van der Waals surface area contributed by atoms with E-state index in [-0.39, 0.29) is 0 Å².